The van der Waals surface area contributed by atoms with Gasteiger partial charge in [0.2, 0.25) is 11.8 Å². The lowest BCUT2D eigenvalue weighted by Crippen LogP contribution is -2.45. The molecule has 0 bridgehead atoms. The third kappa shape index (κ3) is 5.44. The van der Waals surface area contributed by atoms with Crippen LogP contribution in [0, 0.1) is 5.92 Å². The van der Waals surface area contributed by atoms with Crippen LogP contribution >= 0.6 is 0 Å². The van der Waals surface area contributed by atoms with Crippen molar-refractivity contribution >= 4 is 28.5 Å². The summed E-state index contributed by atoms with van der Waals surface area (Å²) in [5.74, 6) is 0.912. The highest BCUT2D eigenvalue weighted by molar-refractivity contribution is 6.01. The molecule has 2 aromatic carbocycles. The van der Waals surface area contributed by atoms with Gasteiger partial charge in [-0.15, -0.1) is 5.10 Å². The first kappa shape index (κ1) is 25.2. The predicted molar refractivity (Wildman–Crippen MR) is 142 cm³/mol. The molecule has 0 aliphatic carbocycles. The summed E-state index contributed by atoms with van der Waals surface area (Å²) in [5, 5.41) is 11.4. The summed E-state index contributed by atoms with van der Waals surface area (Å²) < 4.78 is 13.0. The average molecular weight is 515 g/mol. The van der Waals surface area contributed by atoms with Gasteiger partial charge in [0, 0.05) is 30.7 Å². The summed E-state index contributed by atoms with van der Waals surface area (Å²) in [7, 11) is 0. The molecule has 0 saturated carbocycles. The molecular formula is C28H30N6O4. The zero-order valence-electron chi connectivity index (χ0n) is 21.4. The highest BCUT2D eigenvalue weighted by Gasteiger charge is 2.34. The minimum atomic E-state index is -0.949. The van der Waals surface area contributed by atoms with E-state index >= 15 is 0 Å². The van der Waals surface area contributed by atoms with Crippen LogP contribution in [0.2, 0.25) is 0 Å². The lowest BCUT2D eigenvalue weighted by atomic mass is 10.0. The van der Waals surface area contributed by atoms with E-state index < -0.39 is 6.04 Å². The normalized spacial score (nSPS) is 13.3. The Morgan fingerprint density at radius 3 is 2.58 bits per heavy atom. The van der Waals surface area contributed by atoms with Crippen LogP contribution in [0.5, 0.6) is 11.5 Å². The minimum Gasteiger partial charge on any atom is -0.486 e. The summed E-state index contributed by atoms with van der Waals surface area (Å²) in [6.45, 7) is 5.43. The number of anilines is 1. The molecule has 3 heterocycles. The largest absolute Gasteiger partial charge is 0.486 e. The molecule has 1 aliphatic rings. The second-order valence-electron chi connectivity index (χ2n) is 9.48. The molecule has 2 amide bonds. The van der Waals surface area contributed by atoms with Gasteiger partial charge < -0.3 is 14.8 Å². The number of fused-ring (bicyclic) bond motifs is 2. The number of hydrogen-bond acceptors (Lipinski definition) is 7. The fourth-order valence-corrected chi connectivity index (χ4v) is 4.40. The fourth-order valence-electron chi connectivity index (χ4n) is 4.40. The van der Waals surface area contributed by atoms with Gasteiger partial charge in [0.05, 0.1) is 5.52 Å². The number of nitrogens with one attached hydrogen (secondary N) is 1. The van der Waals surface area contributed by atoms with Crippen LogP contribution in [0.4, 0.5) is 5.69 Å². The van der Waals surface area contributed by atoms with Crippen LogP contribution in [0.15, 0.2) is 67.0 Å². The van der Waals surface area contributed by atoms with Gasteiger partial charge in [-0.25, -0.2) is 4.68 Å². The molecule has 10 heteroatoms. The summed E-state index contributed by atoms with van der Waals surface area (Å²) in [5.41, 5.74) is 2.55. The standard InChI is InChI=1S/C28H30N6O4/c1-19(2)9-14-30-28(36)27(20-10-12-29-13-11-20)34(21-7-8-24-25(17-21)38-16-15-37-24)26(35)18-33-23-6-4-3-5-22(23)31-32-33/h3-8,10-13,17,19,27H,9,14-16,18H2,1-2H3,(H,30,36)/t27-/m1/s1. The maximum absolute atomic E-state index is 14.1. The van der Waals surface area contributed by atoms with Gasteiger partial charge in [-0.1, -0.05) is 31.2 Å². The molecule has 0 unspecified atom stereocenters. The first-order valence-corrected chi connectivity index (χ1v) is 12.7. The van der Waals surface area contributed by atoms with Crippen LogP contribution in [0.1, 0.15) is 31.9 Å². The maximum atomic E-state index is 14.1. The van der Waals surface area contributed by atoms with Crippen molar-refractivity contribution in [3.63, 3.8) is 0 Å². The van der Waals surface area contributed by atoms with Gasteiger partial charge in [-0.05, 0) is 54.3 Å². The number of pyridine rings is 1. The van der Waals surface area contributed by atoms with Gasteiger partial charge in [0.25, 0.3) is 0 Å². The minimum absolute atomic E-state index is 0.115. The molecule has 1 aliphatic heterocycles. The van der Waals surface area contributed by atoms with Gasteiger partial charge in [-0.2, -0.15) is 0 Å². The Labute approximate surface area is 220 Å². The molecule has 0 spiro atoms. The topological polar surface area (TPSA) is 111 Å². The quantitative estimate of drug-likeness (QED) is 0.364. The van der Waals surface area contributed by atoms with Crippen LogP contribution in [-0.2, 0) is 16.1 Å². The first-order valence-electron chi connectivity index (χ1n) is 12.7. The van der Waals surface area contributed by atoms with Crippen molar-refractivity contribution in [2.75, 3.05) is 24.7 Å². The van der Waals surface area contributed by atoms with Gasteiger partial charge in [0.15, 0.2) is 11.5 Å². The summed E-state index contributed by atoms with van der Waals surface area (Å²) in [6, 6.07) is 15.2. The predicted octanol–water partition coefficient (Wildman–Crippen LogP) is 3.53. The molecule has 196 valence electrons. The third-order valence-electron chi connectivity index (χ3n) is 6.33. The van der Waals surface area contributed by atoms with E-state index in [0.29, 0.717) is 53.9 Å². The number of ether oxygens (including phenoxy) is 2. The summed E-state index contributed by atoms with van der Waals surface area (Å²) in [6.07, 6.45) is 4.04. The number of para-hydroxylation sites is 1. The van der Waals surface area contributed by atoms with E-state index in [4.69, 9.17) is 9.47 Å². The van der Waals surface area contributed by atoms with E-state index in [2.05, 4.69) is 34.5 Å². The zero-order valence-corrected chi connectivity index (χ0v) is 21.4. The van der Waals surface area contributed by atoms with E-state index in [1.54, 1.807) is 47.4 Å². The van der Waals surface area contributed by atoms with Crippen molar-refractivity contribution in [3.8, 4) is 11.5 Å². The number of hydrogen-bond donors (Lipinski definition) is 1. The van der Waals surface area contributed by atoms with E-state index in [9.17, 15) is 9.59 Å². The lowest BCUT2D eigenvalue weighted by Gasteiger charge is -2.32. The fraction of sp³-hybridized carbons (Fsp3) is 0.321. The Balaban J connectivity index is 1.56. The molecule has 1 atom stereocenters. The second-order valence-corrected chi connectivity index (χ2v) is 9.48. The zero-order chi connectivity index (χ0) is 26.5. The number of nitrogens with zero attached hydrogens (tertiary/aromatic N) is 5. The highest BCUT2D eigenvalue weighted by Crippen LogP contribution is 2.37. The number of carbonyl (C=O) groups excluding carboxylic acids is 2. The molecule has 1 N–H and O–H groups in total. The molecule has 38 heavy (non-hydrogen) atoms. The monoisotopic (exact) mass is 514 g/mol. The molecular weight excluding hydrogens is 484 g/mol. The van der Waals surface area contributed by atoms with Crippen molar-refractivity contribution in [1.82, 2.24) is 25.3 Å². The highest BCUT2D eigenvalue weighted by atomic mass is 16.6. The first-order chi connectivity index (χ1) is 18.5. The van der Waals surface area contributed by atoms with Gasteiger partial charge in [-0.3, -0.25) is 19.5 Å². The van der Waals surface area contributed by atoms with E-state index in [-0.39, 0.29) is 18.4 Å². The van der Waals surface area contributed by atoms with Crippen LogP contribution < -0.4 is 19.7 Å². The average Bonchev–Trinajstić information content (AvgIpc) is 3.34. The molecule has 5 rings (SSSR count). The molecule has 10 nitrogen and oxygen atoms in total. The maximum Gasteiger partial charge on any atom is 0.249 e. The van der Waals surface area contributed by atoms with Gasteiger partial charge in [0.1, 0.15) is 31.3 Å². The Bertz CT molecular complexity index is 1420. The Morgan fingerprint density at radius 1 is 1.03 bits per heavy atom. The Kier molecular flexibility index (Phi) is 7.48. The Morgan fingerprint density at radius 2 is 1.79 bits per heavy atom. The summed E-state index contributed by atoms with van der Waals surface area (Å²) >= 11 is 0. The molecule has 2 aromatic heterocycles. The smallest absolute Gasteiger partial charge is 0.249 e. The van der Waals surface area contributed by atoms with Crippen LogP contribution in [-0.4, -0.2) is 51.6 Å². The van der Waals surface area contributed by atoms with Crippen LogP contribution in [0.25, 0.3) is 11.0 Å². The molecule has 0 radical (unpaired) electrons. The van der Waals surface area contributed by atoms with E-state index in [0.717, 1.165) is 11.9 Å². The number of amides is 2. The Hall–Kier alpha value is -4.47. The second kappa shape index (κ2) is 11.3. The number of rotatable bonds is 9. The molecule has 0 fully saturated rings. The van der Waals surface area contributed by atoms with E-state index in [1.807, 2.05) is 24.3 Å². The molecule has 4 aromatic rings. The van der Waals surface area contributed by atoms with Crippen molar-refractivity contribution in [2.24, 2.45) is 5.92 Å². The number of aromatic nitrogens is 4. The van der Waals surface area contributed by atoms with Gasteiger partial charge >= 0.3 is 0 Å². The summed E-state index contributed by atoms with van der Waals surface area (Å²) in [4.78, 5) is 33.4. The van der Waals surface area contributed by atoms with E-state index in [1.165, 1.54) is 4.90 Å². The van der Waals surface area contributed by atoms with Crippen molar-refractivity contribution in [3.05, 3.63) is 72.6 Å². The van der Waals surface area contributed by atoms with Crippen molar-refractivity contribution in [1.29, 1.82) is 0 Å². The number of benzene rings is 2. The van der Waals surface area contributed by atoms with Crippen LogP contribution in [0.3, 0.4) is 0 Å². The lowest BCUT2D eigenvalue weighted by molar-refractivity contribution is -0.127. The van der Waals surface area contributed by atoms with Crippen molar-refractivity contribution < 1.29 is 19.1 Å². The SMILES string of the molecule is CC(C)CCNC(=O)[C@@H](c1ccncc1)N(C(=O)Cn1nnc2ccccc21)c1ccc2c(c1)OCCO2. The molecule has 0 saturated heterocycles. The van der Waals surface area contributed by atoms with Crippen molar-refractivity contribution in [2.45, 2.75) is 32.9 Å². The number of carbonyl (C=O) groups is 2. The third-order valence-corrected chi connectivity index (χ3v) is 6.33.